The van der Waals surface area contributed by atoms with Crippen LogP contribution in [0.4, 0.5) is 79.3 Å². The molecule has 148 heavy (non-hydrogen) atoms. The van der Waals surface area contributed by atoms with Crippen molar-refractivity contribution in [1.29, 1.82) is 10.5 Å². The Morgan fingerprint density at radius 2 is 0.682 bits per heavy atom. The van der Waals surface area contributed by atoms with Gasteiger partial charge in [-0.3, -0.25) is 9.80 Å². The van der Waals surface area contributed by atoms with E-state index >= 15 is 0 Å². The molecule has 0 aliphatic rings. The first kappa shape index (κ1) is 128. The number of nitrogens with one attached hydrogen (secondary N) is 2. The Balaban J connectivity index is 0.000000344. The summed E-state index contributed by atoms with van der Waals surface area (Å²) in [6.07, 6.45) is 1.18. The van der Waals surface area contributed by atoms with Crippen molar-refractivity contribution in [1.82, 2.24) is 49.5 Å². The Kier molecular flexibility index (Phi) is 43.6. The van der Waals surface area contributed by atoms with Crippen molar-refractivity contribution < 1.29 is 353 Å². The predicted molar refractivity (Wildman–Crippen MR) is 520 cm³/mol. The molecule has 0 bridgehead atoms. The van der Waals surface area contributed by atoms with Crippen molar-refractivity contribution >= 4 is 236 Å². The van der Waals surface area contributed by atoms with E-state index in [0.717, 1.165) is 74.6 Å². The van der Waals surface area contributed by atoms with Gasteiger partial charge in [-0.15, -0.1) is 20.5 Å². The van der Waals surface area contributed by atoms with Gasteiger partial charge >= 0.3 is 262 Å². The van der Waals surface area contributed by atoms with Gasteiger partial charge in [0.05, 0.1) is 97.9 Å². The van der Waals surface area contributed by atoms with Crippen LogP contribution in [0.15, 0.2) is 176 Å². The maximum atomic E-state index is 12.8. The standard InChI is InChI=1S/C46H44N10O9S5.C43H38N10O12S6.4K.3Li/c1-8-27-18-32(69(60,61)62)19-28(9-2)41(27)51-43-40(52-53-44-34(23-47)26(7)54-56(44)46-49-36-15-13-31(68(57,58)59)22-38(36)67-46)25(6)17-39(50-43)55(45-48-35-14-12-24(5)16-37(35)66-45)42-29(10-3)20-33(70(63,64)65)21-30(42)11-4;1-19-13-22(4)38(70(60,61)62)24(6)35(19)48-40-36(49-50-41-29(18-44)26(8)51-53(41)43-46-31-12-10-28(69(57,58)59)17-33(31)67-43)20(2)15-34(47-40)52(37-21(3)14-23(5)39(25(37)7)71(63,64)65)42-45-30-11-9-27(68(54,55)56)16-32(30)66-42;;;;;;;/h12-22H,8-11H2,1-7H3,(H,50,51)(H,57,58,59)(H,60,61,62)(H,63,64,65);9-17H,1-8H3,(H,47,48)(H,54,55,56)(H,57,58,59)(H,60,61,62)(H,63,64,65);;;;;;;/q;;7*+1/p-7. The van der Waals surface area contributed by atoms with E-state index in [9.17, 15) is 101 Å². The van der Waals surface area contributed by atoms with Crippen LogP contribution in [-0.4, -0.2) is 140 Å². The fraction of sp³-hybridized carbons (Fsp3) is 0.213. The summed E-state index contributed by atoms with van der Waals surface area (Å²) in [4.78, 5) is 28.9. The molecule has 0 amide bonds. The van der Waals surface area contributed by atoms with Gasteiger partial charge in [-0.05, 0) is 277 Å². The van der Waals surface area contributed by atoms with E-state index in [4.69, 9.17) is 25.1 Å². The average Bonchev–Trinajstić information content (AvgIpc) is 1.65. The van der Waals surface area contributed by atoms with Crippen molar-refractivity contribution in [3.8, 4) is 22.4 Å². The van der Waals surface area contributed by atoms with Crippen LogP contribution in [-0.2, 0) is 96.5 Å². The SMILES string of the molecule is CCc1cc(S(=O)(=O)[O-])cc(CC)c1Nc1nc(N(c2nc3ccc(C)cc3s2)c2c(CC)cc(S(=O)(=O)[O-])cc2CC)cc(C)c1N=Nc1c(C#N)c(C)nn1-c1nc2ccc(S(=O)(=O)[O-])cc2s1.Cc1cc(N(c2nc3ccc(S(=O)(=O)[O-])cc3s2)c2c(C)cc(C)c(S(=O)(=O)[O-])c2C)nc(Nc2c(C)cc(C)c(S(=O)(=O)[O-])c2C)c1N=Nc1c(C#N)c(C)nn1-c1nc2ccc(S(=O)(=O)[O-])cc2s1.[K+].[K+].[K+].[K+].[Li+].[Li+].[Li+]. The van der Waals surface area contributed by atoms with Gasteiger partial charge in [0.1, 0.15) is 117 Å². The van der Waals surface area contributed by atoms with Gasteiger partial charge in [-0.25, -0.2) is 88.8 Å². The van der Waals surface area contributed by atoms with Gasteiger partial charge in [0, 0.05) is 11.4 Å². The third-order valence-corrected chi connectivity index (χ3v) is 33.0. The first-order chi connectivity index (χ1) is 66.0. The van der Waals surface area contributed by atoms with E-state index < -0.39 is 100 Å². The molecule has 0 atom stereocenters. The second-order valence-electron chi connectivity index (χ2n) is 32.2. The van der Waals surface area contributed by atoms with Gasteiger partial charge in [0.2, 0.25) is 10.3 Å². The predicted octanol–water partition coefficient (Wildman–Crippen LogP) is -3.03. The summed E-state index contributed by atoms with van der Waals surface area (Å²) in [7, 11) is -34.4. The number of azo groups is 2. The number of aryl methyl sites for hydroxylation is 13. The molecule has 0 unspecified atom stereocenters. The van der Waals surface area contributed by atoms with Crippen LogP contribution < -0.4 is 283 Å². The molecule has 59 heteroatoms. The minimum atomic E-state index is -5.12. The summed E-state index contributed by atoms with van der Waals surface area (Å²) in [5, 5.41) is 55.3. The number of fused-ring (bicyclic) bond motifs is 4. The van der Waals surface area contributed by atoms with Gasteiger partial charge in [-0.1, -0.05) is 91.2 Å². The average molecular weight is 2290 g/mol. The topological polar surface area (TPSA) is 641 Å². The number of pyridine rings is 2. The third kappa shape index (κ3) is 27.2. The quantitative estimate of drug-likeness (QED) is 0.0294. The second-order valence-corrected chi connectivity index (χ2v) is 45.8. The van der Waals surface area contributed by atoms with Crippen LogP contribution >= 0.6 is 45.3 Å². The monoisotopic (exact) mass is 2290 g/mol. The van der Waals surface area contributed by atoms with E-state index in [0.29, 0.717) is 94.2 Å². The molecule has 0 saturated heterocycles. The number of nitrogens with zero attached hydrogens (tertiary/aromatic N) is 18. The Morgan fingerprint density at radius 3 is 1.05 bits per heavy atom. The number of hydrogen-bond donors (Lipinski definition) is 2. The van der Waals surface area contributed by atoms with Crippen LogP contribution in [0, 0.1) is 98.8 Å². The summed E-state index contributed by atoms with van der Waals surface area (Å²) < 4.78 is 262. The van der Waals surface area contributed by atoms with Gasteiger partial charge < -0.3 is 42.5 Å². The van der Waals surface area contributed by atoms with Crippen molar-refractivity contribution in [2.75, 3.05) is 20.4 Å². The summed E-state index contributed by atoms with van der Waals surface area (Å²) in [6.45, 7) is 24.7. The molecule has 0 aliphatic carbocycles. The maximum absolute atomic E-state index is 12.8. The molecule has 730 valence electrons. The van der Waals surface area contributed by atoms with Crippen molar-refractivity contribution in [3.63, 3.8) is 0 Å². The van der Waals surface area contributed by atoms with Crippen LogP contribution in [0.25, 0.3) is 51.1 Å². The summed E-state index contributed by atoms with van der Waals surface area (Å²) >= 11 is 4.20. The zero-order valence-corrected chi connectivity index (χ0v) is 105. The van der Waals surface area contributed by atoms with Gasteiger partial charge in [0.25, 0.3) is 0 Å². The molecule has 0 spiro atoms. The second kappa shape index (κ2) is 50.3. The van der Waals surface area contributed by atoms with Crippen molar-refractivity contribution in [2.24, 2.45) is 20.5 Å². The molecule has 2 N–H and O–H groups in total. The van der Waals surface area contributed by atoms with Crippen LogP contribution in [0.1, 0.15) is 123 Å². The summed E-state index contributed by atoms with van der Waals surface area (Å²) in [5.74, 6) is -0.0187. The molecule has 8 aromatic heterocycles. The van der Waals surface area contributed by atoms with Gasteiger partial charge in [-0.2, -0.15) is 30.1 Å². The molecule has 0 radical (unpaired) electrons. The van der Waals surface area contributed by atoms with Crippen molar-refractivity contribution in [2.45, 2.75) is 164 Å². The van der Waals surface area contributed by atoms with Crippen LogP contribution in [0.5, 0.6) is 0 Å². The number of anilines is 10. The maximum Gasteiger partial charge on any atom is 1.00 e. The molecular formula is C89H75K4Li3N20O21S11. The summed E-state index contributed by atoms with van der Waals surface area (Å²) in [5.41, 5.74) is 8.23. The number of benzene rings is 8. The normalized spacial score (nSPS) is 11.9. The van der Waals surface area contributed by atoms with Crippen molar-refractivity contribution in [3.05, 3.63) is 216 Å². The van der Waals surface area contributed by atoms with E-state index in [2.05, 4.69) is 52.2 Å². The Morgan fingerprint density at radius 1 is 0.351 bits per heavy atom. The Hall–Kier alpha value is -4.87. The van der Waals surface area contributed by atoms with E-state index in [1.54, 1.807) is 59.4 Å². The zero-order chi connectivity index (χ0) is 103. The molecule has 8 aromatic carbocycles. The molecule has 0 aliphatic heterocycles. The third-order valence-electron chi connectivity index (χ3n) is 22.6. The molecule has 16 rings (SSSR count). The zero-order valence-electron chi connectivity index (χ0n) is 83.5. The molecular weight excluding hydrogens is 2220 g/mol. The molecule has 8 heterocycles. The molecule has 16 aromatic rings. The first-order valence-corrected chi connectivity index (χ1v) is 55.0. The van der Waals surface area contributed by atoms with Crippen LogP contribution in [0.3, 0.4) is 0 Å². The fourth-order valence-electron chi connectivity index (χ4n) is 16.2. The van der Waals surface area contributed by atoms with E-state index in [1.807, 2.05) is 45.0 Å². The van der Waals surface area contributed by atoms with E-state index in [-0.39, 0.29) is 413 Å². The fourth-order valence-corrected chi connectivity index (χ4v) is 24.9. The Bertz CT molecular complexity index is 9050. The van der Waals surface area contributed by atoms with Gasteiger partial charge in [0.15, 0.2) is 33.5 Å². The van der Waals surface area contributed by atoms with E-state index in [1.165, 1.54) is 127 Å². The van der Waals surface area contributed by atoms with Crippen LogP contribution in [0.2, 0.25) is 0 Å². The Labute approximate surface area is 1070 Å². The number of hydrogen-bond acceptors (Lipinski definition) is 43. The minimum Gasteiger partial charge on any atom is -0.744 e. The molecule has 0 fully saturated rings. The summed E-state index contributed by atoms with van der Waals surface area (Å²) in [6, 6.07) is 32.3. The largest absolute Gasteiger partial charge is 1.00 e. The smallest absolute Gasteiger partial charge is 0.744 e. The number of thiazole rings is 4. The number of aromatic nitrogens is 10. The first-order valence-electron chi connectivity index (χ1n) is 41.9. The minimum absolute atomic E-state index is 0. The molecule has 41 nitrogen and oxygen atoms in total. The number of nitriles is 2. The number of rotatable bonds is 27. The molecule has 0 saturated carbocycles.